The van der Waals surface area contributed by atoms with E-state index in [1.165, 1.54) is 21.9 Å². The Morgan fingerprint density at radius 1 is 1.20 bits per heavy atom. The summed E-state index contributed by atoms with van der Waals surface area (Å²) in [5, 5.41) is 11.5. The van der Waals surface area contributed by atoms with Gasteiger partial charge in [0.15, 0.2) is 0 Å². The Morgan fingerprint density at radius 3 is 2.57 bits per heavy atom. The van der Waals surface area contributed by atoms with Crippen LogP contribution in [0, 0.1) is 0 Å². The molecule has 0 radical (unpaired) electrons. The van der Waals surface area contributed by atoms with Gasteiger partial charge in [0, 0.05) is 24.7 Å². The number of aliphatic hydroxyl groups excluding tert-OH is 1. The van der Waals surface area contributed by atoms with Crippen molar-refractivity contribution in [1.82, 2.24) is 14.5 Å². The van der Waals surface area contributed by atoms with Gasteiger partial charge in [0.25, 0.3) is 0 Å². The number of sulfonamides is 1. The maximum atomic E-state index is 12.8. The zero-order valence-corrected chi connectivity index (χ0v) is 17.9. The number of carbonyl (C=O) groups is 2. The zero-order chi connectivity index (χ0) is 21.6. The number of hydrogen-bond donors (Lipinski definition) is 2. The van der Waals surface area contributed by atoms with Gasteiger partial charge >= 0.3 is 0 Å². The second-order valence-electron chi connectivity index (χ2n) is 7.72. The van der Waals surface area contributed by atoms with Crippen LogP contribution in [0.5, 0.6) is 0 Å². The van der Waals surface area contributed by atoms with E-state index in [0.717, 1.165) is 10.8 Å². The summed E-state index contributed by atoms with van der Waals surface area (Å²) in [6.07, 6.45) is -0.241. The maximum Gasteiger partial charge on any atom is 0.245 e. The molecule has 0 aliphatic carbocycles. The minimum Gasteiger partial charge on any atom is -0.389 e. The fourth-order valence-corrected chi connectivity index (χ4v) is 5.28. The van der Waals surface area contributed by atoms with Crippen molar-refractivity contribution >= 4 is 44.2 Å². The Kier molecular flexibility index (Phi) is 5.48. The summed E-state index contributed by atoms with van der Waals surface area (Å²) in [5.41, 5.74) is 0. The lowest BCUT2D eigenvalue weighted by atomic mass is 10.1. The van der Waals surface area contributed by atoms with Gasteiger partial charge in [0.2, 0.25) is 21.8 Å². The molecule has 2 aromatic carbocycles. The average Bonchev–Trinajstić information content (AvgIpc) is 3.03. The SMILES string of the molecule is C[C@@H](C(=O)N1CC(O)C1)N1CC[C@H](NS(=O)(=O)c2ccc3cc(Cl)ccc3c2)C1=O. The normalized spacial score (nSPS) is 21.2. The lowest BCUT2D eigenvalue weighted by Crippen LogP contribution is -2.59. The van der Waals surface area contributed by atoms with Gasteiger partial charge in [-0.1, -0.05) is 23.7 Å². The van der Waals surface area contributed by atoms with Gasteiger partial charge in [-0.05, 0) is 48.4 Å². The first kappa shape index (κ1) is 21.0. The summed E-state index contributed by atoms with van der Waals surface area (Å²) < 4.78 is 28.2. The Bertz CT molecular complexity index is 1120. The Labute approximate surface area is 179 Å². The highest BCUT2D eigenvalue weighted by atomic mass is 35.5. The molecule has 0 unspecified atom stereocenters. The minimum atomic E-state index is -3.92. The molecule has 0 spiro atoms. The van der Waals surface area contributed by atoms with Crippen molar-refractivity contribution in [1.29, 1.82) is 0 Å². The number of amides is 2. The molecule has 2 N–H and O–H groups in total. The average molecular weight is 452 g/mol. The molecule has 4 rings (SSSR count). The number of carbonyl (C=O) groups excluding carboxylic acids is 2. The van der Waals surface area contributed by atoms with Crippen molar-refractivity contribution in [3.05, 3.63) is 41.4 Å². The first-order valence-corrected chi connectivity index (χ1v) is 11.5. The third-order valence-corrected chi connectivity index (χ3v) is 7.32. The minimum absolute atomic E-state index is 0.0577. The van der Waals surface area contributed by atoms with Gasteiger partial charge in [-0.25, -0.2) is 8.42 Å². The quantitative estimate of drug-likeness (QED) is 0.704. The van der Waals surface area contributed by atoms with Crippen molar-refractivity contribution in [2.75, 3.05) is 19.6 Å². The van der Waals surface area contributed by atoms with Crippen molar-refractivity contribution in [2.24, 2.45) is 0 Å². The van der Waals surface area contributed by atoms with Crippen LogP contribution < -0.4 is 4.72 Å². The fourth-order valence-electron chi connectivity index (χ4n) is 3.85. The standard InChI is InChI=1S/C20H22ClN3O5S/c1-12(19(26)23-10-16(25)11-23)24-7-6-18(20(24)27)22-30(28,29)17-5-3-13-8-15(21)4-2-14(13)9-17/h2-5,8-9,12,16,18,22,25H,6-7,10-11H2,1H3/t12-,18-/m0/s1. The summed E-state index contributed by atoms with van der Waals surface area (Å²) in [5.74, 6) is -0.668. The number of likely N-dealkylation sites (tertiary alicyclic amines) is 2. The van der Waals surface area contributed by atoms with Gasteiger partial charge in [-0.3, -0.25) is 9.59 Å². The van der Waals surface area contributed by atoms with Crippen molar-refractivity contribution in [3.8, 4) is 0 Å². The van der Waals surface area contributed by atoms with E-state index >= 15 is 0 Å². The van der Waals surface area contributed by atoms with Crippen LogP contribution in [0.4, 0.5) is 0 Å². The van der Waals surface area contributed by atoms with Gasteiger partial charge in [0.1, 0.15) is 12.1 Å². The first-order valence-electron chi connectivity index (χ1n) is 9.65. The number of halogens is 1. The molecule has 0 bridgehead atoms. The predicted octanol–water partition coefficient (Wildman–Crippen LogP) is 0.964. The number of fused-ring (bicyclic) bond motifs is 1. The molecule has 2 aliphatic rings. The monoisotopic (exact) mass is 451 g/mol. The molecule has 10 heteroatoms. The molecular formula is C20H22ClN3O5S. The van der Waals surface area contributed by atoms with Crippen molar-refractivity contribution < 1.29 is 23.1 Å². The van der Waals surface area contributed by atoms with E-state index in [2.05, 4.69) is 4.72 Å². The number of nitrogens with one attached hydrogen (secondary N) is 1. The van der Waals surface area contributed by atoms with E-state index in [1.54, 1.807) is 31.2 Å². The van der Waals surface area contributed by atoms with E-state index in [4.69, 9.17) is 11.6 Å². The molecule has 2 heterocycles. The predicted molar refractivity (Wildman–Crippen MR) is 111 cm³/mol. The maximum absolute atomic E-state index is 12.8. The smallest absolute Gasteiger partial charge is 0.245 e. The van der Waals surface area contributed by atoms with Gasteiger partial charge in [0.05, 0.1) is 11.0 Å². The Balaban J connectivity index is 1.46. The molecule has 2 amide bonds. The number of rotatable bonds is 5. The fraction of sp³-hybridized carbons (Fsp3) is 0.400. The topological polar surface area (TPSA) is 107 Å². The number of hydrogen-bond acceptors (Lipinski definition) is 5. The third kappa shape index (κ3) is 3.90. The van der Waals surface area contributed by atoms with E-state index < -0.39 is 34.1 Å². The largest absolute Gasteiger partial charge is 0.389 e. The lowest BCUT2D eigenvalue weighted by Gasteiger charge is -2.39. The molecule has 30 heavy (non-hydrogen) atoms. The van der Waals surface area contributed by atoms with E-state index in [-0.39, 0.29) is 36.9 Å². The number of β-amino-alcohol motifs (C(OH)–C–C–N with tert-alkyl or cyclic N) is 1. The molecule has 8 nitrogen and oxygen atoms in total. The highest BCUT2D eigenvalue weighted by Gasteiger charge is 2.41. The first-order chi connectivity index (χ1) is 14.2. The van der Waals surface area contributed by atoms with Crippen molar-refractivity contribution in [3.63, 3.8) is 0 Å². The molecular weight excluding hydrogens is 430 g/mol. The summed E-state index contributed by atoms with van der Waals surface area (Å²) in [4.78, 5) is 28.1. The lowest BCUT2D eigenvalue weighted by molar-refractivity contribution is -0.150. The highest BCUT2D eigenvalue weighted by Crippen LogP contribution is 2.24. The molecule has 2 fully saturated rings. The van der Waals surface area contributed by atoms with Gasteiger partial charge in [-0.2, -0.15) is 4.72 Å². The zero-order valence-electron chi connectivity index (χ0n) is 16.3. The summed E-state index contributed by atoms with van der Waals surface area (Å²) in [6, 6.07) is 8.21. The summed E-state index contributed by atoms with van der Waals surface area (Å²) in [7, 11) is -3.92. The molecule has 160 valence electrons. The number of aliphatic hydroxyl groups is 1. The summed E-state index contributed by atoms with van der Waals surface area (Å²) in [6.45, 7) is 2.42. The second-order valence-corrected chi connectivity index (χ2v) is 9.87. The molecule has 2 aromatic rings. The van der Waals surface area contributed by atoms with Crippen LogP contribution in [0.15, 0.2) is 41.3 Å². The van der Waals surface area contributed by atoms with Crippen LogP contribution in [-0.4, -0.2) is 73.0 Å². The Morgan fingerprint density at radius 2 is 1.87 bits per heavy atom. The molecule has 2 aliphatic heterocycles. The van der Waals surface area contributed by atoms with E-state index in [1.807, 2.05) is 0 Å². The molecule has 2 atom stereocenters. The molecule has 0 aromatic heterocycles. The number of nitrogens with zero attached hydrogens (tertiary/aromatic N) is 2. The van der Waals surface area contributed by atoms with E-state index in [0.29, 0.717) is 5.02 Å². The van der Waals surface area contributed by atoms with Crippen LogP contribution >= 0.6 is 11.6 Å². The Hall–Kier alpha value is -2.20. The number of benzene rings is 2. The second kappa shape index (κ2) is 7.81. The van der Waals surface area contributed by atoms with Crippen LogP contribution in [0.25, 0.3) is 10.8 Å². The van der Waals surface area contributed by atoms with Crippen molar-refractivity contribution in [2.45, 2.75) is 36.4 Å². The third-order valence-electron chi connectivity index (χ3n) is 5.62. The highest BCUT2D eigenvalue weighted by molar-refractivity contribution is 7.89. The molecule has 2 saturated heterocycles. The van der Waals surface area contributed by atoms with Gasteiger partial charge in [-0.15, -0.1) is 0 Å². The van der Waals surface area contributed by atoms with E-state index in [9.17, 15) is 23.1 Å². The van der Waals surface area contributed by atoms with Gasteiger partial charge < -0.3 is 14.9 Å². The summed E-state index contributed by atoms with van der Waals surface area (Å²) >= 11 is 5.97. The van der Waals surface area contributed by atoms with Crippen LogP contribution in [-0.2, 0) is 19.6 Å². The van der Waals surface area contributed by atoms with Crippen LogP contribution in [0.1, 0.15) is 13.3 Å². The molecule has 0 saturated carbocycles. The van der Waals surface area contributed by atoms with Crippen LogP contribution in [0.3, 0.4) is 0 Å². The van der Waals surface area contributed by atoms with Crippen LogP contribution in [0.2, 0.25) is 5.02 Å².